The van der Waals surface area contributed by atoms with Gasteiger partial charge in [0.2, 0.25) is 5.91 Å². The number of hydrogen-bond donors (Lipinski definition) is 2. The number of aromatic nitrogens is 2. The Morgan fingerprint density at radius 1 is 1.42 bits per heavy atom. The molecule has 1 aliphatic heterocycles. The summed E-state index contributed by atoms with van der Waals surface area (Å²) < 4.78 is 5.79. The molecule has 1 aliphatic rings. The average molecular weight is 357 g/mol. The first-order valence-corrected chi connectivity index (χ1v) is 8.42. The smallest absolute Gasteiger partial charge is 0.253 e. The molecule has 2 N–H and O–H groups in total. The highest BCUT2D eigenvalue weighted by molar-refractivity contribution is 5.95. The second-order valence-corrected chi connectivity index (χ2v) is 6.47. The second-order valence-electron chi connectivity index (χ2n) is 6.47. The molecule has 0 spiro atoms. The standard InChI is InChI=1S/C18H23N5O3/c1-22(2)18(25)12-4-5-15-14(8-12)23(3)13(11-26-15)9-17(24)21-10-16-19-6-7-20-16/h4-8,13H,9-11H2,1-3H3,(H,19,20)(H,21,24)/t13-/m1/s1. The Bertz CT molecular complexity index is 788. The van der Waals surface area contributed by atoms with Crippen molar-refractivity contribution in [2.45, 2.75) is 19.0 Å². The molecule has 0 bridgehead atoms. The maximum Gasteiger partial charge on any atom is 0.253 e. The SMILES string of the molecule is CN(C)C(=O)c1ccc2c(c1)N(C)[C@H](CC(=O)NCc1ncc[nH]1)CO2. The molecule has 1 aromatic heterocycles. The van der Waals surface area contributed by atoms with E-state index in [1.165, 1.54) is 4.90 Å². The van der Waals surface area contributed by atoms with E-state index >= 15 is 0 Å². The number of nitrogens with one attached hydrogen (secondary N) is 2. The zero-order chi connectivity index (χ0) is 18.7. The van der Waals surface area contributed by atoms with Gasteiger partial charge in [0.15, 0.2) is 0 Å². The van der Waals surface area contributed by atoms with Gasteiger partial charge in [0.1, 0.15) is 18.2 Å². The van der Waals surface area contributed by atoms with Crippen molar-refractivity contribution in [3.63, 3.8) is 0 Å². The molecule has 2 heterocycles. The van der Waals surface area contributed by atoms with Crippen LogP contribution in [0.4, 0.5) is 5.69 Å². The van der Waals surface area contributed by atoms with E-state index in [-0.39, 0.29) is 17.9 Å². The molecule has 0 saturated heterocycles. The lowest BCUT2D eigenvalue weighted by Crippen LogP contribution is -2.43. The maximum atomic E-state index is 12.2. The molecule has 8 heteroatoms. The van der Waals surface area contributed by atoms with E-state index in [4.69, 9.17) is 4.74 Å². The van der Waals surface area contributed by atoms with Crippen LogP contribution in [0.15, 0.2) is 30.6 Å². The molecular formula is C18H23N5O3. The van der Waals surface area contributed by atoms with Gasteiger partial charge in [-0.3, -0.25) is 9.59 Å². The number of benzene rings is 1. The predicted molar refractivity (Wildman–Crippen MR) is 97.2 cm³/mol. The summed E-state index contributed by atoms with van der Waals surface area (Å²) in [7, 11) is 5.35. The third-order valence-corrected chi connectivity index (χ3v) is 4.40. The number of carbonyl (C=O) groups excluding carboxylic acids is 2. The summed E-state index contributed by atoms with van der Waals surface area (Å²) in [5.74, 6) is 1.28. The molecule has 138 valence electrons. The molecule has 2 aromatic rings. The summed E-state index contributed by atoms with van der Waals surface area (Å²) in [5, 5.41) is 2.85. The van der Waals surface area contributed by atoms with Gasteiger partial charge < -0.3 is 24.8 Å². The molecule has 26 heavy (non-hydrogen) atoms. The number of aromatic amines is 1. The lowest BCUT2D eigenvalue weighted by atomic mass is 10.1. The van der Waals surface area contributed by atoms with Gasteiger partial charge in [0, 0.05) is 39.1 Å². The van der Waals surface area contributed by atoms with Crippen molar-refractivity contribution in [3.8, 4) is 5.75 Å². The second kappa shape index (κ2) is 7.47. The highest BCUT2D eigenvalue weighted by Gasteiger charge is 2.27. The average Bonchev–Trinajstić information content (AvgIpc) is 3.15. The minimum atomic E-state index is -0.108. The monoisotopic (exact) mass is 357 g/mol. The molecule has 0 fully saturated rings. The van der Waals surface area contributed by atoms with Gasteiger partial charge in [-0.25, -0.2) is 4.98 Å². The molecule has 0 unspecified atom stereocenters. The number of ether oxygens (including phenoxy) is 1. The maximum absolute atomic E-state index is 12.2. The van der Waals surface area contributed by atoms with Crippen molar-refractivity contribution in [2.24, 2.45) is 0 Å². The van der Waals surface area contributed by atoms with E-state index in [0.717, 1.165) is 11.4 Å². The van der Waals surface area contributed by atoms with Gasteiger partial charge in [0.25, 0.3) is 5.91 Å². The van der Waals surface area contributed by atoms with E-state index < -0.39 is 0 Å². The topological polar surface area (TPSA) is 90.6 Å². The van der Waals surface area contributed by atoms with Crippen molar-refractivity contribution >= 4 is 17.5 Å². The summed E-state index contributed by atoms with van der Waals surface area (Å²) in [5.41, 5.74) is 1.40. The number of rotatable bonds is 5. The van der Waals surface area contributed by atoms with Crippen LogP contribution < -0.4 is 15.0 Å². The van der Waals surface area contributed by atoms with Gasteiger partial charge in [-0.2, -0.15) is 0 Å². The summed E-state index contributed by atoms with van der Waals surface area (Å²) in [6.45, 7) is 0.778. The molecule has 1 atom stereocenters. The summed E-state index contributed by atoms with van der Waals surface area (Å²) in [4.78, 5) is 35.0. The first-order valence-electron chi connectivity index (χ1n) is 8.42. The van der Waals surface area contributed by atoms with Crippen molar-refractivity contribution in [1.29, 1.82) is 0 Å². The first kappa shape index (κ1) is 17.8. The zero-order valence-electron chi connectivity index (χ0n) is 15.2. The minimum absolute atomic E-state index is 0.0699. The highest BCUT2D eigenvalue weighted by Crippen LogP contribution is 2.34. The quantitative estimate of drug-likeness (QED) is 0.834. The van der Waals surface area contributed by atoms with E-state index in [9.17, 15) is 9.59 Å². The van der Waals surface area contributed by atoms with Crippen molar-refractivity contribution in [2.75, 3.05) is 32.6 Å². The Balaban J connectivity index is 1.66. The molecular weight excluding hydrogens is 334 g/mol. The van der Waals surface area contributed by atoms with Gasteiger partial charge in [-0.1, -0.05) is 0 Å². The summed E-state index contributed by atoms with van der Waals surface area (Å²) in [6, 6.07) is 5.26. The van der Waals surface area contributed by atoms with Crippen LogP contribution in [0.25, 0.3) is 0 Å². The molecule has 1 aromatic carbocycles. The van der Waals surface area contributed by atoms with E-state index in [2.05, 4.69) is 15.3 Å². The van der Waals surface area contributed by atoms with Gasteiger partial charge in [-0.05, 0) is 18.2 Å². The lowest BCUT2D eigenvalue weighted by molar-refractivity contribution is -0.121. The van der Waals surface area contributed by atoms with Crippen LogP contribution in [-0.2, 0) is 11.3 Å². The lowest BCUT2D eigenvalue weighted by Gasteiger charge is -2.35. The fourth-order valence-electron chi connectivity index (χ4n) is 2.86. The first-order chi connectivity index (χ1) is 12.5. The van der Waals surface area contributed by atoms with Crippen LogP contribution >= 0.6 is 0 Å². The molecule has 3 rings (SSSR count). The van der Waals surface area contributed by atoms with Crippen LogP contribution in [0.5, 0.6) is 5.75 Å². The van der Waals surface area contributed by atoms with E-state index in [1.54, 1.807) is 38.6 Å². The fourth-order valence-corrected chi connectivity index (χ4v) is 2.86. The minimum Gasteiger partial charge on any atom is -0.489 e. The number of imidazole rings is 1. The Hall–Kier alpha value is -3.03. The number of nitrogens with zero attached hydrogens (tertiary/aromatic N) is 3. The molecule has 8 nitrogen and oxygen atoms in total. The van der Waals surface area contributed by atoms with Gasteiger partial charge >= 0.3 is 0 Å². The van der Waals surface area contributed by atoms with Crippen LogP contribution in [0.1, 0.15) is 22.6 Å². The zero-order valence-corrected chi connectivity index (χ0v) is 15.2. The van der Waals surface area contributed by atoms with Crippen LogP contribution in [0.3, 0.4) is 0 Å². The van der Waals surface area contributed by atoms with Crippen LogP contribution in [0.2, 0.25) is 0 Å². The molecule has 0 radical (unpaired) electrons. The number of amides is 2. The Kier molecular flexibility index (Phi) is 5.11. The predicted octanol–water partition coefficient (Wildman–Crippen LogP) is 1.02. The van der Waals surface area contributed by atoms with Crippen molar-refractivity contribution < 1.29 is 14.3 Å². The van der Waals surface area contributed by atoms with Gasteiger partial charge in [-0.15, -0.1) is 0 Å². The third-order valence-electron chi connectivity index (χ3n) is 4.40. The highest BCUT2D eigenvalue weighted by atomic mass is 16.5. The summed E-state index contributed by atoms with van der Waals surface area (Å²) >= 11 is 0. The Morgan fingerprint density at radius 2 is 2.23 bits per heavy atom. The molecule has 2 amide bonds. The number of anilines is 1. The number of fused-ring (bicyclic) bond motifs is 1. The number of hydrogen-bond acceptors (Lipinski definition) is 5. The Morgan fingerprint density at radius 3 is 2.92 bits per heavy atom. The number of likely N-dealkylation sites (N-methyl/N-ethyl adjacent to an activating group) is 1. The number of H-pyrrole nitrogens is 1. The van der Waals surface area contributed by atoms with Gasteiger partial charge in [0.05, 0.1) is 24.7 Å². The van der Waals surface area contributed by atoms with E-state index in [1.807, 2.05) is 18.0 Å². The van der Waals surface area contributed by atoms with E-state index in [0.29, 0.717) is 31.0 Å². The van der Waals surface area contributed by atoms with Crippen molar-refractivity contribution in [1.82, 2.24) is 20.2 Å². The van der Waals surface area contributed by atoms with Crippen LogP contribution in [-0.4, -0.2) is 60.5 Å². The van der Waals surface area contributed by atoms with Crippen LogP contribution in [0, 0.1) is 0 Å². The normalized spacial score (nSPS) is 15.8. The third kappa shape index (κ3) is 3.79. The summed E-state index contributed by atoms with van der Waals surface area (Å²) in [6.07, 6.45) is 3.66. The largest absolute Gasteiger partial charge is 0.489 e. The fraction of sp³-hybridized carbons (Fsp3) is 0.389. The molecule has 0 saturated carbocycles. The van der Waals surface area contributed by atoms with Crippen molar-refractivity contribution in [3.05, 3.63) is 42.0 Å². The number of carbonyl (C=O) groups is 2. The molecule has 0 aliphatic carbocycles. The Labute approximate surface area is 152 Å².